The summed E-state index contributed by atoms with van der Waals surface area (Å²) in [5, 5.41) is 5.76. The average molecular weight is 374 g/mol. The Morgan fingerprint density at radius 3 is 2.07 bits per heavy atom. The molecule has 0 aliphatic rings. The third-order valence-corrected chi connectivity index (χ3v) is 4.19. The SMILES string of the molecule is COc1ccc(NC(=O)NC(C)(C)c2ccc(OC)c(OC)c2)c(OC)c1. The molecule has 146 valence electrons. The number of rotatable bonds is 7. The lowest BCUT2D eigenvalue weighted by molar-refractivity contribution is 0.241. The normalized spacial score (nSPS) is 10.7. The zero-order valence-electron chi connectivity index (χ0n) is 16.5. The van der Waals surface area contributed by atoms with Gasteiger partial charge in [-0.2, -0.15) is 0 Å². The Hall–Kier alpha value is -3.09. The van der Waals surface area contributed by atoms with E-state index in [0.717, 1.165) is 5.56 Å². The molecule has 0 aromatic heterocycles. The van der Waals surface area contributed by atoms with Crippen LogP contribution in [0.5, 0.6) is 23.0 Å². The lowest BCUT2D eigenvalue weighted by Gasteiger charge is -2.28. The van der Waals surface area contributed by atoms with Gasteiger partial charge in [-0.1, -0.05) is 6.07 Å². The fourth-order valence-electron chi connectivity index (χ4n) is 2.64. The number of carbonyl (C=O) groups excluding carboxylic acids is 1. The molecule has 0 aliphatic carbocycles. The Bertz CT molecular complexity index is 805. The summed E-state index contributed by atoms with van der Waals surface area (Å²) in [4.78, 5) is 12.5. The van der Waals surface area contributed by atoms with Crippen LogP contribution in [0.25, 0.3) is 0 Å². The van der Waals surface area contributed by atoms with Gasteiger partial charge in [0, 0.05) is 6.07 Å². The van der Waals surface area contributed by atoms with Crippen LogP contribution in [0.1, 0.15) is 19.4 Å². The molecule has 2 N–H and O–H groups in total. The van der Waals surface area contributed by atoms with Gasteiger partial charge in [-0.3, -0.25) is 0 Å². The zero-order chi connectivity index (χ0) is 20.0. The van der Waals surface area contributed by atoms with Crippen LogP contribution in [0.15, 0.2) is 36.4 Å². The second-order valence-electron chi connectivity index (χ2n) is 6.34. The highest BCUT2D eigenvalue weighted by atomic mass is 16.5. The number of hydrogen-bond acceptors (Lipinski definition) is 5. The summed E-state index contributed by atoms with van der Waals surface area (Å²) in [6.45, 7) is 3.80. The molecule has 2 rings (SSSR count). The molecule has 2 aromatic carbocycles. The highest BCUT2D eigenvalue weighted by Gasteiger charge is 2.25. The second kappa shape index (κ2) is 8.53. The van der Waals surface area contributed by atoms with E-state index in [9.17, 15) is 4.79 Å². The summed E-state index contributed by atoms with van der Waals surface area (Å²) in [5.41, 5.74) is 0.763. The van der Waals surface area contributed by atoms with E-state index in [-0.39, 0.29) is 6.03 Å². The minimum Gasteiger partial charge on any atom is -0.497 e. The van der Waals surface area contributed by atoms with E-state index in [1.165, 1.54) is 7.11 Å². The van der Waals surface area contributed by atoms with Gasteiger partial charge in [0.15, 0.2) is 11.5 Å². The molecule has 0 bridgehead atoms. The molecule has 0 saturated heterocycles. The number of ether oxygens (including phenoxy) is 4. The minimum atomic E-state index is -0.649. The molecule has 0 unspecified atom stereocenters. The summed E-state index contributed by atoms with van der Waals surface area (Å²) < 4.78 is 21.1. The van der Waals surface area contributed by atoms with Crippen LogP contribution in [0.2, 0.25) is 0 Å². The van der Waals surface area contributed by atoms with E-state index in [0.29, 0.717) is 28.7 Å². The fraction of sp³-hybridized carbons (Fsp3) is 0.350. The van der Waals surface area contributed by atoms with Gasteiger partial charge >= 0.3 is 6.03 Å². The van der Waals surface area contributed by atoms with Crippen LogP contribution in [0, 0.1) is 0 Å². The first-order chi connectivity index (χ1) is 12.8. The smallest absolute Gasteiger partial charge is 0.320 e. The molecule has 7 heteroatoms. The molecule has 0 saturated carbocycles. The Morgan fingerprint density at radius 2 is 1.48 bits per heavy atom. The molecule has 2 aromatic rings. The molecular formula is C20H26N2O5. The number of nitrogens with one attached hydrogen (secondary N) is 2. The van der Waals surface area contributed by atoms with Gasteiger partial charge < -0.3 is 29.6 Å². The highest BCUT2D eigenvalue weighted by Crippen LogP contribution is 2.33. The van der Waals surface area contributed by atoms with Crippen LogP contribution >= 0.6 is 0 Å². The summed E-state index contributed by atoms with van der Waals surface area (Å²) >= 11 is 0. The van der Waals surface area contributed by atoms with Crippen molar-refractivity contribution in [1.29, 1.82) is 0 Å². The first-order valence-corrected chi connectivity index (χ1v) is 8.38. The Labute approximate surface area is 159 Å². The fourth-order valence-corrected chi connectivity index (χ4v) is 2.64. The van der Waals surface area contributed by atoms with Crippen molar-refractivity contribution in [2.75, 3.05) is 33.8 Å². The molecule has 27 heavy (non-hydrogen) atoms. The number of benzene rings is 2. The van der Waals surface area contributed by atoms with Crippen LogP contribution < -0.4 is 29.6 Å². The summed E-state index contributed by atoms with van der Waals surface area (Å²) in [6, 6.07) is 10.3. The van der Waals surface area contributed by atoms with E-state index in [2.05, 4.69) is 10.6 Å². The Balaban J connectivity index is 2.17. The van der Waals surface area contributed by atoms with Crippen LogP contribution in [0.4, 0.5) is 10.5 Å². The largest absolute Gasteiger partial charge is 0.497 e. The number of methoxy groups -OCH3 is 4. The number of urea groups is 1. The van der Waals surface area contributed by atoms with Crippen LogP contribution in [0.3, 0.4) is 0 Å². The van der Waals surface area contributed by atoms with Gasteiger partial charge in [0.1, 0.15) is 11.5 Å². The lowest BCUT2D eigenvalue weighted by atomic mass is 9.94. The van der Waals surface area contributed by atoms with Crippen molar-refractivity contribution in [2.45, 2.75) is 19.4 Å². The molecule has 2 amide bonds. The standard InChI is InChI=1S/C20H26N2O5/c1-20(2,13-7-10-16(25-4)18(11-13)27-6)22-19(23)21-15-9-8-14(24-3)12-17(15)26-5/h7-12H,1-6H3,(H2,21,22,23). The molecule has 0 spiro atoms. The maximum absolute atomic E-state index is 12.5. The quantitative estimate of drug-likeness (QED) is 0.771. The zero-order valence-corrected chi connectivity index (χ0v) is 16.5. The van der Waals surface area contributed by atoms with Gasteiger partial charge in [-0.15, -0.1) is 0 Å². The second-order valence-corrected chi connectivity index (χ2v) is 6.34. The highest BCUT2D eigenvalue weighted by molar-refractivity contribution is 5.91. The van der Waals surface area contributed by atoms with Crippen molar-refractivity contribution in [3.05, 3.63) is 42.0 Å². The topological polar surface area (TPSA) is 78.1 Å². The summed E-state index contributed by atoms with van der Waals surface area (Å²) in [6.07, 6.45) is 0. The maximum atomic E-state index is 12.5. The Morgan fingerprint density at radius 1 is 0.815 bits per heavy atom. The van der Waals surface area contributed by atoms with Gasteiger partial charge in [0.2, 0.25) is 0 Å². The first-order valence-electron chi connectivity index (χ1n) is 8.38. The molecule has 7 nitrogen and oxygen atoms in total. The van der Waals surface area contributed by atoms with E-state index >= 15 is 0 Å². The minimum absolute atomic E-state index is 0.363. The van der Waals surface area contributed by atoms with Crippen molar-refractivity contribution in [3.8, 4) is 23.0 Å². The van der Waals surface area contributed by atoms with Crippen LogP contribution in [-0.2, 0) is 5.54 Å². The molecule has 0 heterocycles. The molecule has 0 atom stereocenters. The first kappa shape index (κ1) is 20.2. The van der Waals surface area contributed by atoms with Crippen molar-refractivity contribution < 1.29 is 23.7 Å². The summed E-state index contributed by atoms with van der Waals surface area (Å²) in [5.74, 6) is 2.38. The van der Waals surface area contributed by atoms with Crippen molar-refractivity contribution >= 4 is 11.7 Å². The Kier molecular flexibility index (Phi) is 6.39. The molecular weight excluding hydrogens is 348 g/mol. The van der Waals surface area contributed by atoms with E-state index in [1.54, 1.807) is 39.5 Å². The molecule has 0 aliphatic heterocycles. The monoisotopic (exact) mass is 374 g/mol. The predicted molar refractivity (Wildman–Crippen MR) is 104 cm³/mol. The van der Waals surface area contributed by atoms with Gasteiger partial charge in [0.05, 0.1) is 39.7 Å². The molecule has 0 fully saturated rings. The third-order valence-electron chi connectivity index (χ3n) is 4.19. The number of amides is 2. The van der Waals surface area contributed by atoms with Gasteiger partial charge in [-0.05, 0) is 43.7 Å². The van der Waals surface area contributed by atoms with Crippen molar-refractivity contribution in [1.82, 2.24) is 5.32 Å². The van der Waals surface area contributed by atoms with Gasteiger partial charge in [0.25, 0.3) is 0 Å². The van der Waals surface area contributed by atoms with Gasteiger partial charge in [-0.25, -0.2) is 4.79 Å². The summed E-state index contributed by atoms with van der Waals surface area (Å²) in [7, 11) is 6.26. The van der Waals surface area contributed by atoms with E-state index in [1.807, 2.05) is 32.0 Å². The van der Waals surface area contributed by atoms with Crippen molar-refractivity contribution in [3.63, 3.8) is 0 Å². The van der Waals surface area contributed by atoms with E-state index in [4.69, 9.17) is 18.9 Å². The lowest BCUT2D eigenvalue weighted by Crippen LogP contribution is -2.43. The number of anilines is 1. The van der Waals surface area contributed by atoms with E-state index < -0.39 is 5.54 Å². The number of hydrogen-bond donors (Lipinski definition) is 2. The van der Waals surface area contributed by atoms with Crippen LogP contribution in [-0.4, -0.2) is 34.5 Å². The predicted octanol–water partition coefficient (Wildman–Crippen LogP) is 3.78. The molecule has 0 radical (unpaired) electrons. The number of carbonyl (C=O) groups is 1. The maximum Gasteiger partial charge on any atom is 0.320 e. The average Bonchev–Trinajstić information content (AvgIpc) is 2.67. The van der Waals surface area contributed by atoms with Crippen molar-refractivity contribution in [2.24, 2.45) is 0 Å². The third kappa shape index (κ3) is 4.75.